The Kier molecular flexibility index (Phi) is 4.39. The molecule has 1 aromatic rings. The third kappa shape index (κ3) is 3.11. The summed E-state index contributed by atoms with van der Waals surface area (Å²) in [4.78, 5) is 0. The van der Waals surface area contributed by atoms with Gasteiger partial charge in [0, 0.05) is 12.6 Å². The van der Waals surface area contributed by atoms with E-state index in [4.69, 9.17) is 4.42 Å². The smallest absolute Gasteiger partial charge is 0.280 e. The van der Waals surface area contributed by atoms with Crippen LogP contribution in [0.4, 0.5) is 0 Å². The maximum Gasteiger partial charge on any atom is 0.280 e. The molecular formula is C11H18N2O4S. The normalized spacial score (nSPS) is 22.2. The molecule has 0 amide bonds. The van der Waals surface area contributed by atoms with Crippen LogP contribution in [0.1, 0.15) is 25.0 Å². The van der Waals surface area contributed by atoms with Gasteiger partial charge in [0.1, 0.15) is 5.76 Å². The number of aliphatic hydroxyl groups excluding tert-OH is 1. The van der Waals surface area contributed by atoms with Crippen LogP contribution in [-0.2, 0) is 16.8 Å². The Bertz CT molecular complexity index is 457. The minimum atomic E-state index is -3.56. The zero-order chi connectivity index (χ0) is 13.0. The lowest BCUT2D eigenvalue weighted by Crippen LogP contribution is -2.50. The molecule has 1 fully saturated rings. The third-order valence-corrected chi connectivity index (χ3v) is 4.71. The monoisotopic (exact) mass is 274 g/mol. The average Bonchev–Trinajstić information content (AvgIpc) is 2.89. The van der Waals surface area contributed by atoms with Crippen molar-refractivity contribution in [2.45, 2.75) is 31.8 Å². The van der Waals surface area contributed by atoms with Crippen LogP contribution in [0.2, 0.25) is 0 Å². The highest BCUT2D eigenvalue weighted by atomic mass is 32.2. The average molecular weight is 274 g/mol. The van der Waals surface area contributed by atoms with Crippen LogP contribution in [0.25, 0.3) is 0 Å². The summed E-state index contributed by atoms with van der Waals surface area (Å²) >= 11 is 0. The van der Waals surface area contributed by atoms with Crippen LogP contribution in [0.3, 0.4) is 0 Å². The summed E-state index contributed by atoms with van der Waals surface area (Å²) in [6.45, 7) is 0.449. The number of hydrogen-bond acceptors (Lipinski definition) is 4. The van der Waals surface area contributed by atoms with Gasteiger partial charge in [-0.1, -0.05) is 6.42 Å². The van der Waals surface area contributed by atoms with Gasteiger partial charge in [-0.3, -0.25) is 0 Å². The number of nitrogens with zero attached hydrogens (tertiary/aromatic N) is 1. The van der Waals surface area contributed by atoms with Gasteiger partial charge in [0.15, 0.2) is 0 Å². The zero-order valence-electron chi connectivity index (χ0n) is 10.1. The molecule has 2 rings (SSSR count). The maximum absolute atomic E-state index is 12.1. The van der Waals surface area contributed by atoms with Crippen LogP contribution in [0.5, 0.6) is 0 Å². The van der Waals surface area contributed by atoms with E-state index in [1.54, 1.807) is 12.1 Å². The Hall–Kier alpha value is -0.890. The van der Waals surface area contributed by atoms with E-state index in [9.17, 15) is 13.5 Å². The van der Waals surface area contributed by atoms with Crippen LogP contribution < -0.4 is 4.72 Å². The predicted molar refractivity (Wildman–Crippen MR) is 65.9 cm³/mol. The quantitative estimate of drug-likeness (QED) is 0.817. The van der Waals surface area contributed by atoms with E-state index >= 15 is 0 Å². The van der Waals surface area contributed by atoms with Crippen LogP contribution >= 0.6 is 0 Å². The number of rotatable bonds is 5. The number of furan rings is 1. The first kappa shape index (κ1) is 13.5. The van der Waals surface area contributed by atoms with Crippen molar-refractivity contribution in [1.82, 2.24) is 9.03 Å². The van der Waals surface area contributed by atoms with Crippen molar-refractivity contribution in [2.75, 3.05) is 13.2 Å². The molecule has 1 saturated heterocycles. The van der Waals surface area contributed by atoms with E-state index in [1.807, 2.05) is 0 Å². The molecule has 0 saturated carbocycles. The van der Waals surface area contributed by atoms with Gasteiger partial charge in [-0.05, 0) is 25.0 Å². The van der Waals surface area contributed by atoms with Gasteiger partial charge in [-0.2, -0.15) is 17.4 Å². The van der Waals surface area contributed by atoms with Gasteiger partial charge < -0.3 is 9.52 Å². The Morgan fingerprint density at radius 1 is 1.50 bits per heavy atom. The van der Waals surface area contributed by atoms with Crippen molar-refractivity contribution < 1.29 is 17.9 Å². The van der Waals surface area contributed by atoms with E-state index in [2.05, 4.69) is 4.72 Å². The van der Waals surface area contributed by atoms with Gasteiger partial charge >= 0.3 is 0 Å². The van der Waals surface area contributed by atoms with E-state index < -0.39 is 10.2 Å². The minimum Gasteiger partial charge on any atom is -0.468 e. The molecule has 2 heterocycles. The highest BCUT2D eigenvalue weighted by Gasteiger charge is 2.31. The molecule has 0 bridgehead atoms. The lowest BCUT2D eigenvalue weighted by atomic mass is 10.1. The topological polar surface area (TPSA) is 82.8 Å². The number of piperidine rings is 1. The highest BCUT2D eigenvalue weighted by molar-refractivity contribution is 7.87. The lowest BCUT2D eigenvalue weighted by molar-refractivity contribution is 0.154. The standard InChI is InChI=1S/C11H18N2O4S/c14-9-10-4-1-2-6-13(10)18(15,16)12-8-11-5-3-7-17-11/h3,5,7,10,12,14H,1-2,4,6,8-9H2. The third-order valence-electron chi connectivity index (χ3n) is 3.10. The molecular weight excluding hydrogens is 256 g/mol. The molecule has 1 unspecified atom stereocenters. The molecule has 6 nitrogen and oxygen atoms in total. The first-order valence-electron chi connectivity index (χ1n) is 6.03. The van der Waals surface area contributed by atoms with Crippen molar-refractivity contribution >= 4 is 10.2 Å². The van der Waals surface area contributed by atoms with Gasteiger partial charge in [-0.15, -0.1) is 0 Å². The summed E-state index contributed by atoms with van der Waals surface area (Å²) in [6, 6.07) is 3.11. The number of aliphatic hydroxyl groups is 1. The van der Waals surface area contributed by atoms with Gasteiger partial charge in [-0.25, -0.2) is 0 Å². The molecule has 0 spiro atoms. The molecule has 2 N–H and O–H groups in total. The molecule has 1 atom stereocenters. The van der Waals surface area contributed by atoms with Crippen molar-refractivity contribution in [3.8, 4) is 0 Å². The van der Waals surface area contributed by atoms with Crippen LogP contribution in [0.15, 0.2) is 22.8 Å². The number of hydrogen-bond donors (Lipinski definition) is 2. The second-order valence-electron chi connectivity index (χ2n) is 4.35. The Morgan fingerprint density at radius 3 is 3.00 bits per heavy atom. The van der Waals surface area contributed by atoms with E-state index in [1.165, 1.54) is 10.6 Å². The van der Waals surface area contributed by atoms with Crippen molar-refractivity contribution in [1.29, 1.82) is 0 Å². The Balaban J connectivity index is 2.00. The lowest BCUT2D eigenvalue weighted by Gasteiger charge is -2.33. The summed E-state index contributed by atoms with van der Waals surface area (Å²) in [6.07, 6.45) is 3.99. The summed E-state index contributed by atoms with van der Waals surface area (Å²) in [5.41, 5.74) is 0. The van der Waals surface area contributed by atoms with Crippen molar-refractivity contribution in [3.63, 3.8) is 0 Å². The molecule has 102 valence electrons. The second kappa shape index (κ2) is 5.83. The zero-order valence-corrected chi connectivity index (χ0v) is 10.9. The van der Waals surface area contributed by atoms with Crippen molar-refractivity contribution in [3.05, 3.63) is 24.2 Å². The fraction of sp³-hybridized carbons (Fsp3) is 0.636. The SMILES string of the molecule is O=S(=O)(NCc1ccco1)N1CCCCC1CO. The summed E-state index contributed by atoms with van der Waals surface area (Å²) in [7, 11) is -3.56. The van der Waals surface area contributed by atoms with Crippen LogP contribution in [-0.4, -0.2) is 37.0 Å². The van der Waals surface area contributed by atoms with Gasteiger partial charge in [0.25, 0.3) is 10.2 Å². The molecule has 7 heteroatoms. The molecule has 0 radical (unpaired) electrons. The summed E-state index contributed by atoms with van der Waals surface area (Å²) < 4.78 is 33.1. The Labute approximate surface area is 107 Å². The largest absolute Gasteiger partial charge is 0.468 e. The van der Waals surface area contributed by atoms with Crippen LogP contribution in [0, 0.1) is 0 Å². The fourth-order valence-corrected chi connectivity index (χ4v) is 3.56. The predicted octanol–water partition coefficient (Wildman–Crippen LogP) is 0.461. The minimum absolute atomic E-state index is 0.129. The van der Waals surface area contributed by atoms with E-state index in [0.717, 1.165) is 12.8 Å². The maximum atomic E-state index is 12.1. The van der Waals surface area contributed by atoms with E-state index in [-0.39, 0.29) is 19.2 Å². The molecule has 0 aliphatic carbocycles. The molecule has 0 aromatic carbocycles. The second-order valence-corrected chi connectivity index (χ2v) is 6.06. The molecule has 1 aromatic heterocycles. The van der Waals surface area contributed by atoms with Gasteiger partial charge in [0.05, 0.1) is 19.4 Å². The fourth-order valence-electron chi connectivity index (χ4n) is 2.13. The highest BCUT2D eigenvalue weighted by Crippen LogP contribution is 2.19. The van der Waals surface area contributed by atoms with E-state index in [0.29, 0.717) is 18.7 Å². The first-order chi connectivity index (χ1) is 8.63. The first-order valence-corrected chi connectivity index (χ1v) is 7.47. The molecule has 1 aliphatic rings. The molecule has 1 aliphatic heterocycles. The van der Waals surface area contributed by atoms with Gasteiger partial charge in [0.2, 0.25) is 0 Å². The summed E-state index contributed by atoms with van der Waals surface area (Å²) in [5.74, 6) is 0.566. The van der Waals surface area contributed by atoms with Crippen molar-refractivity contribution in [2.24, 2.45) is 0 Å². The summed E-state index contributed by atoms with van der Waals surface area (Å²) in [5, 5.41) is 9.22. The molecule has 18 heavy (non-hydrogen) atoms. The number of nitrogens with one attached hydrogen (secondary N) is 1. The Morgan fingerprint density at radius 2 is 2.33 bits per heavy atom.